The number of benzene rings is 3. The molecule has 0 spiro atoms. The van der Waals surface area contributed by atoms with Crippen molar-refractivity contribution in [2.45, 2.75) is 58.9 Å². The van der Waals surface area contributed by atoms with Crippen molar-refractivity contribution < 1.29 is 13.2 Å². The normalized spacial score (nSPS) is 12.3. The van der Waals surface area contributed by atoms with Gasteiger partial charge in [0.2, 0.25) is 5.91 Å². The van der Waals surface area contributed by atoms with E-state index in [9.17, 15) is 13.2 Å². The van der Waals surface area contributed by atoms with Crippen molar-refractivity contribution in [3.63, 3.8) is 0 Å². The molecule has 3 aromatic carbocycles. The molecule has 0 aliphatic carbocycles. The van der Waals surface area contributed by atoms with E-state index in [-0.39, 0.29) is 23.4 Å². The lowest BCUT2D eigenvalue weighted by Gasteiger charge is -2.26. The Morgan fingerprint density at radius 2 is 1.47 bits per heavy atom. The number of nitrogens with one attached hydrogen (secondary N) is 1. The first kappa shape index (κ1) is 25.5. The number of sulfonamides is 1. The molecule has 0 bridgehead atoms. The summed E-state index contributed by atoms with van der Waals surface area (Å²) in [6, 6.07) is 18.1. The monoisotopic (exact) mass is 478 g/mol. The fourth-order valence-electron chi connectivity index (χ4n) is 4.02. The molecule has 180 valence electrons. The molecule has 0 aromatic heterocycles. The zero-order valence-corrected chi connectivity index (χ0v) is 21.7. The number of rotatable bonds is 8. The second-order valence-electron chi connectivity index (χ2n) is 8.98. The Bertz CT molecular complexity index is 1280. The number of carbonyl (C=O) groups is 1. The number of hydrogen-bond acceptors (Lipinski definition) is 3. The van der Waals surface area contributed by atoms with Crippen LogP contribution in [0.1, 0.15) is 52.8 Å². The molecule has 0 aliphatic rings. The lowest BCUT2D eigenvalue weighted by Crippen LogP contribution is -2.42. The minimum Gasteiger partial charge on any atom is -0.348 e. The highest BCUT2D eigenvalue weighted by molar-refractivity contribution is 7.92. The Balaban J connectivity index is 1.95. The highest BCUT2D eigenvalue weighted by atomic mass is 32.2. The number of aryl methyl sites for hydroxylation is 5. The van der Waals surface area contributed by atoms with E-state index in [2.05, 4.69) is 11.4 Å². The fraction of sp³-hybridized carbons (Fsp3) is 0.321. The van der Waals surface area contributed by atoms with Gasteiger partial charge in [-0.3, -0.25) is 9.10 Å². The van der Waals surface area contributed by atoms with Crippen LogP contribution in [0.25, 0.3) is 0 Å². The maximum Gasteiger partial charge on any atom is 0.264 e. The Morgan fingerprint density at radius 3 is 2.06 bits per heavy atom. The Hall–Kier alpha value is -3.12. The van der Waals surface area contributed by atoms with Crippen LogP contribution in [0.5, 0.6) is 0 Å². The molecule has 3 aromatic rings. The van der Waals surface area contributed by atoms with Gasteiger partial charge < -0.3 is 5.32 Å². The van der Waals surface area contributed by atoms with Gasteiger partial charge in [0.05, 0.1) is 16.6 Å². The van der Waals surface area contributed by atoms with E-state index >= 15 is 0 Å². The van der Waals surface area contributed by atoms with E-state index in [1.807, 2.05) is 65.8 Å². The van der Waals surface area contributed by atoms with Crippen LogP contribution < -0.4 is 9.62 Å². The summed E-state index contributed by atoms with van der Waals surface area (Å²) in [6.45, 7) is 11.6. The summed E-state index contributed by atoms with van der Waals surface area (Å²) in [5.74, 6) is -0.347. The lowest BCUT2D eigenvalue weighted by atomic mass is 9.97. The SMILES string of the molecule is CCC(NC(=O)CN(c1ccc(C)c(C)c1)S(=O)(=O)c1ccc(C)cc1)c1ccc(C)cc1C. The summed E-state index contributed by atoms with van der Waals surface area (Å²) in [6.07, 6.45) is 0.698. The van der Waals surface area contributed by atoms with E-state index in [1.165, 1.54) is 4.31 Å². The Kier molecular flexibility index (Phi) is 7.82. The molecule has 0 aliphatic heterocycles. The number of hydrogen-bond donors (Lipinski definition) is 1. The van der Waals surface area contributed by atoms with E-state index in [1.54, 1.807) is 30.3 Å². The van der Waals surface area contributed by atoms with E-state index in [4.69, 9.17) is 0 Å². The van der Waals surface area contributed by atoms with Crippen LogP contribution in [0.3, 0.4) is 0 Å². The van der Waals surface area contributed by atoms with Crippen LogP contribution in [0.4, 0.5) is 5.69 Å². The molecular weight excluding hydrogens is 444 g/mol. The zero-order valence-electron chi connectivity index (χ0n) is 20.8. The first-order chi connectivity index (χ1) is 16.0. The van der Waals surface area contributed by atoms with Crippen molar-refractivity contribution >= 4 is 21.6 Å². The molecule has 1 unspecified atom stereocenters. The molecule has 1 atom stereocenters. The first-order valence-electron chi connectivity index (χ1n) is 11.6. The fourth-order valence-corrected chi connectivity index (χ4v) is 5.43. The molecule has 0 heterocycles. The van der Waals surface area contributed by atoms with Gasteiger partial charge in [0.1, 0.15) is 6.54 Å². The summed E-state index contributed by atoms with van der Waals surface area (Å²) in [7, 11) is -3.94. The van der Waals surface area contributed by atoms with Crippen LogP contribution in [-0.4, -0.2) is 20.9 Å². The van der Waals surface area contributed by atoms with Crippen LogP contribution in [0, 0.1) is 34.6 Å². The number of carbonyl (C=O) groups excluding carboxylic acids is 1. The summed E-state index contributed by atoms with van der Waals surface area (Å²) in [5, 5.41) is 3.06. The highest BCUT2D eigenvalue weighted by Gasteiger charge is 2.28. The topological polar surface area (TPSA) is 66.5 Å². The molecule has 1 N–H and O–H groups in total. The molecule has 0 fully saturated rings. The molecule has 6 heteroatoms. The number of amides is 1. The third-order valence-electron chi connectivity index (χ3n) is 6.22. The predicted molar refractivity (Wildman–Crippen MR) is 139 cm³/mol. The van der Waals surface area contributed by atoms with E-state index < -0.39 is 10.0 Å². The summed E-state index contributed by atoms with van der Waals surface area (Å²) in [4.78, 5) is 13.4. The van der Waals surface area contributed by atoms with Gasteiger partial charge in [-0.15, -0.1) is 0 Å². The minimum absolute atomic E-state index is 0.158. The van der Waals surface area contributed by atoms with Gasteiger partial charge in [-0.05, 0) is 87.6 Å². The summed E-state index contributed by atoms with van der Waals surface area (Å²) >= 11 is 0. The molecule has 0 saturated carbocycles. The second kappa shape index (κ2) is 10.4. The molecular formula is C28H34N2O3S. The number of nitrogens with zero attached hydrogens (tertiary/aromatic N) is 1. The Morgan fingerprint density at radius 1 is 0.824 bits per heavy atom. The van der Waals surface area contributed by atoms with E-state index in [0.29, 0.717) is 12.1 Å². The van der Waals surface area contributed by atoms with Gasteiger partial charge in [0, 0.05) is 0 Å². The maximum atomic E-state index is 13.6. The van der Waals surface area contributed by atoms with Crippen molar-refractivity contribution in [1.29, 1.82) is 0 Å². The van der Waals surface area contributed by atoms with Crippen LogP contribution in [-0.2, 0) is 14.8 Å². The van der Waals surface area contributed by atoms with Gasteiger partial charge in [-0.25, -0.2) is 8.42 Å². The maximum absolute atomic E-state index is 13.6. The third kappa shape index (κ3) is 5.68. The minimum atomic E-state index is -3.94. The molecule has 0 radical (unpaired) electrons. The third-order valence-corrected chi connectivity index (χ3v) is 8.01. The van der Waals surface area contributed by atoms with Crippen molar-refractivity contribution in [3.8, 4) is 0 Å². The first-order valence-corrected chi connectivity index (χ1v) is 13.0. The van der Waals surface area contributed by atoms with Gasteiger partial charge in [-0.2, -0.15) is 0 Å². The van der Waals surface area contributed by atoms with Crippen LogP contribution in [0.2, 0.25) is 0 Å². The largest absolute Gasteiger partial charge is 0.348 e. The van der Waals surface area contributed by atoms with Crippen LogP contribution in [0.15, 0.2) is 65.6 Å². The quantitative estimate of drug-likeness (QED) is 0.452. The van der Waals surface area contributed by atoms with E-state index in [0.717, 1.165) is 33.4 Å². The summed E-state index contributed by atoms with van der Waals surface area (Å²) in [5.41, 5.74) is 6.76. The van der Waals surface area contributed by atoms with Gasteiger partial charge in [0.25, 0.3) is 10.0 Å². The van der Waals surface area contributed by atoms with Gasteiger partial charge in [0.15, 0.2) is 0 Å². The standard InChI is InChI=1S/C28H34N2O3S/c1-7-27(26-15-10-20(3)16-23(26)6)29-28(31)18-30(24-12-11-21(4)22(5)17-24)34(32,33)25-13-8-19(2)9-14-25/h8-17,27H,7,18H2,1-6H3,(H,29,31). The smallest absolute Gasteiger partial charge is 0.264 e. The molecule has 0 saturated heterocycles. The lowest BCUT2D eigenvalue weighted by molar-refractivity contribution is -0.120. The average molecular weight is 479 g/mol. The molecule has 34 heavy (non-hydrogen) atoms. The van der Waals surface area contributed by atoms with Crippen molar-refractivity contribution in [2.24, 2.45) is 0 Å². The highest BCUT2D eigenvalue weighted by Crippen LogP contribution is 2.27. The zero-order chi connectivity index (χ0) is 25.0. The summed E-state index contributed by atoms with van der Waals surface area (Å²) < 4.78 is 28.5. The molecule has 1 amide bonds. The van der Waals surface area contributed by atoms with Crippen molar-refractivity contribution in [1.82, 2.24) is 5.32 Å². The van der Waals surface area contributed by atoms with Crippen molar-refractivity contribution in [2.75, 3.05) is 10.8 Å². The van der Waals surface area contributed by atoms with Gasteiger partial charge >= 0.3 is 0 Å². The van der Waals surface area contributed by atoms with Gasteiger partial charge in [-0.1, -0.05) is 54.4 Å². The molecule has 5 nitrogen and oxygen atoms in total. The molecule has 3 rings (SSSR count). The number of anilines is 1. The average Bonchev–Trinajstić information content (AvgIpc) is 2.78. The predicted octanol–water partition coefficient (Wildman–Crippen LogP) is 5.69. The second-order valence-corrected chi connectivity index (χ2v) is 10.8. The van der Waals surface area contributed by atoms with Crippen LogP contribution >= 0.6 is 0 Å². The van der Waals surface area contributed by atoms with Crippen molar-refractivity contribution in [3.05, 3.63) is 94.0 Å². The Labute approximate surface area is 203 Å².